The molecule has 0 aliphatic carbocycles. The average molecular weight is 408 g/mol. The monoisotopic (exact) mass is 408 g/mol. The van der Waals surface area contributed by atoms with Crippen LogP contribution in [0.5, 0.6) is 5.75 Å². The first-order valence-corrected chi connectivity index (χ1v) is 9.82. The number of benzene rings is 1. The van der Waals surface area contributed by atoms with Crippen molar-refractivity contribution in [1.29, 1.82) is 0 Å². The number of aromatic nitrogens is 2. The molecule has 2 aliphatic heterocycles. The van der Waals surface area contributed by atoms with Crippen LogP contribution in [0.4, 0.5) is 0 Å². The van der Waals surface area contributed by atoms with E-state index in [2.05, 4.69) is 9.97 Å². The Labute approximate surface area is 175 Å². The Bertz CT molecular complexity index is 945. The van der Waals surface area contributed by atoms with Crippen LogP contribution in [-0.4, -0.2) is 71.0 Å². The number of rotatable bonds is 6. The minimum atomic E-state index is -0.475. The lowest BCUT2D eigenvalue weighted by Gasteiger charge is -2.48. The van der Waals surface area contributed by atoms with Gasteiger partial charge in [0.15, 0.2) is 6.10 Å². The first kappa shape index (κ1) is 20.0. The van der Waals surface area contributed by atoms with Gasteiger partial charge in [-0.25, -0.2) is 4.98 Å². The van der Waals surface area contributed by atoms with E-state index in [-0.39, 0.29) is 17.9 Å². The van der Waals surface area contributed by atoms with Crippen molar-refractivity contribution in [3.8, 4) is 5.75 Å². The van der Waals surface area contributed by atoms with Gasteiger partial charge in [0.05, 0.1) is 19.3 Å². The summed E-state index contributed by atoms with van der Waals surface area (Å²) in [7, 11) is 3.19. The Morgan fingerprint density at radius 3 is 2.60 bits per heavy atom. The SMILES string of the molecule is COc1ccc(CN2C(=O)C(OC)C2C2=CCN(C(=O)c3cnccn3)CC2)cc1. The molecule has 2 unspecified atom stereocenters. The lowest BCUT2D eigenvalue weighted by molar-refractivity contribution is -0.168. The molecule has 1 saturated heterocycles. The molecule has 8 nitrogen and oxygen atoms in total. The van der Waals surface area contributed by atoms with Crippen LogP contribution in [0.25, 0.3) is 0 Å². The number of carbonyl (C=O) groups is 2. The molecular formula is C22H24N4O4. The number of nitrogens with zero attached hydrogens (tertiary/aromatic N) is 4. The second kappa shape index (κ2) is 8.62. The number of hydrogen-bond acceptors (Lipinski definition) is 6. The molecule has 0 radical (unpaired) electrons. The Morgan fingerprint density at radius 1 is 1.20 bits per heavy atom. The van der Waals surface area contributed by atoms with Crippen molar-refractivity contribution in [3.63, 3.8) is 0 Å². The average Bonchev–Trinajstić information content (AvgIpc) is 2.81. The van der Waals surface area contributed by atoms with Gasteiger partial charge >= 0.3 is 0 Å². The zero-order chi connectivity index (χ0) is 21.1. The quantitative estimate of drug-likeness (QED) is 0.534. The molecule has 1 aromatic heterocycles. The van der Waals surface area contributed by atoms with Gasteiger partial charge in [-0.15, -0.1) is 0 Å². The first-order chi connectivity index (χ1) is 14.6. The number of likely N-dealkylation sites (tertiary alicyclic amines) is 1. The summed E-state index contributed by atoms with van der Waals surface area (Å²) in [5.41, 5.74) is 2.49. The van der Waals surface area contributed by atoms with E-state index in [0.29, 0.717) is 31.7 Å². The highest BCUT2D eigenvalue weighted by molar-refractivity contribution is 5.92. The smallest absolute Gasteiger partial charge is 0.274 e. The van der Waals surface area contributed by atoms with E-state index in [1.165, 1.54) is 12.4 Å². The Hall–Kier alpha value is -3.26. The number of β-lactam (4-membered cyclic amide) rings is 1. The number of amides is 2. The molecule has 1 fully saturated rings. The summed E-state index contributed by atoms with van der Waals surface area (Å²) in [6.07, 6.45) is 6.77. The molecule has 2 atom stereocenters. The molecule has 0 saturated carbocycles. The molecular weight excluding hydrogens is 384 g/mol. The lowest BCUT2D eigenvalue weighted by Crippen LogP contribution is -2.66. The van der Waals surface area contributed by atoms with Crippen LogP contribution in [0.15, 0.2) is 54.5 Å². The van der Waals surface area contributed by atoms with E-state index in [0.717, 1.165) is 16.9 Å². The van der Waals surface area contributed by atoms with Crippen LogP contribution in [0.1, 0.15) is 22.5 Å². The van der Waals surface area contributed by atoms with Gasteiger partial charge in [-0.3, -0.25) is 14.6 Å². The van der Waals surface area contributed by atoms with E-state index in [1.54, 1.807) is 25.3 Å². The van der Waals surface area contributed by atoms with Crippen molar-refractivity contribution in [2.75, 3.05) is 27.3 Å². The highest BCUT2D eigenvalue weighted by atomic mass is 16.5. The molecule has 2 aromatic rings. The maximum atomic E-state index is 12.6. The maximum Gasteiger partial charge on any atom is 0.274 e. The Morgan fingerprint density at radius 2 is 2.00 bits per heavy atom. The fourth-order valence-electron chi connectivity index (χ4n) is 3.95. The van der Waals surface area contributed by atoms with E-state index in [9.17, 15) is 9.59 Å². The van der Waals surface area contributed by atoms with Crippen LogP contribution >= 0.6 is 0 Å². The second-order valence-electron chi connectivity index (χ2n) is 7.29. The summed E-state index contributed by atoms with van der Waals surface area (Å²) in [5, 5.41) is 0. The largest absolute Gasteiger partial charge is 0.497 e. The first-order valence-electron chi connectivity index (χ1n) is 9.82. The molecule has 8 heteroatoms. The molecule has 30 heavy (non-hydrogen) atoms. The topological polar surface area (TPSA) is 84.9 Å². The molecule has 156 valence electrons. The molecule has 0 bridgehead atoms. The van der Waals surface area contributed by atoms with E-state index in [1.807, 2.05) is 35.2 Å². The number of ether oxygens (including phenoxy) is 2. The molecule has 0 N–H and O–H groups in total. The summed E-state index contributed by atoms with van der Waals surface area (Å²) < 4.78 is 10.7. The minimum Gasteiger partial charge on any atom is -0.497 e. The van der Waals surface area contributed by atoms with Crippen molar-refractivity contribution in [2.45, 2.75) is 25.1 Å². The van der Waals surface area contributed by atoms with Crippen LogP contribution in [0, 0.1) is 0 Å². The molecule has 2 amide bonds. The normalized spacial score (nSPS) is 21.1. The van der Waals surface area contributed by atoms with Gasteiger partial charge in [0.1, 0.15) is 11.4 Å². The van der Waals surface area contributed by atoms with E-state index >= 15 is 0 Å². The zero-order valence-corrected chi connectivity index (χ0v) is 17.0. The van der Waals surface area contributed by atoms with Crippen molar-refractivity contribution in [2.24, 2.45) is 0 Å². The van der Waals surface area contributed by atoms with Crippen molar-refractivity contribution in [1.82, 2.24) is 19.8 Å². The van der Waals surface area contributed by atoms with Crippen LogP contribution in [-0.2, 0) is 16.1 Å². The van der Waals surface area contributed by atoms with Crippen LogP contribution < -0.4 is 4.74 Å². The lowest BCUT2D eigenvalue weighted by atomic mass is 9.86. The predicted molar refractivity (Wildman–Crippen MR) is 109 cm³/mol. The van der Waals surface area contributed by atoms with Crippen LogP contribution in [0.2, 0.25) is 0 Å². The summed E-state index contributed by atoms with van der Waals surface area (Å²) in [6.45, 7) is 1.55. The Balaban J connectivity index is 1.46. The van der Waals surface area contributed by atoms with Crippen molar-refractivity contribution in [3.05, 3.63) is 65.8 Å². The van der Waals surface area contributed by atoms with Gasteiger partial charge in [-0.1, -0.05) is 18.2 Å². The van der Waals surface area contributed by atoms with Gasteiger partial charge in [0, 0.05) is 39.1 Å². The van der Waals surface area contributed by atoms with Gasteiger partial charge in [-0.2, -0.15) is 0 Å². The Kier molecular flexibility index (Phi) is 5.76. The van der Waals surface area contributed by atoms with E-state index in [4.69, 9.17) is 9.47 Å². The molecule has 4 rings (SSSR count). The third kappa shape index (κ3) is 3.78. The van der Waals surface area contributed by atoms with Gasteiger partial charge in [0.2, 0.25) is 0 Å². The summed E-state index contributed by atoms with van der Waals surface area (Å²) >= 11 is 0. The predicted octanol–water partition coefficient (Wildman–Crippen LogP) is 1.68. The van der Waals surface area contributed by atoms with Gasteiger partial charge in [-0.05, 0) is 29.7 Å². The van der Waals surface area contributed by atoms with Crippen molar-refractivity contribution < 1.29 is 19.1 Å². The fraction of sp³-hybridized carbons (Fsp3) is 0.364. The van der Waals surface area contributed by atoms with Crippen molar-refractivity contribution >= 4 is 11.8 Å². The molecule has 0 spiro atoms. The van der Waals surface area contributed by atoms with Gasteiger partial charge in [0.25, 0.3) is 11.8 Å². The molecule has 3 heterocycles. The van der Waals surface area contributed by atoms with Gasteiger partial charge < -0.3 is 19.3 Å². The number of hydrogen-bond donors (Lipinski definition) is 0. The zero-order valence-electron chi connectivity index (χ0n) is 17.0. The third-order valence-electron chi connectivity index (χ3n) is 5.61. The number of methoxy groups -OCH3 is 2. The van der Waals surface area contributed by atoms with Crippen LogP contribution in [0.3, 0.4) is 0 Å². The standard InChI is InChI=1S/C22H24N4O4/c1-29-17-5-3-15(4-6-17)14-26-19(20(30-2)22(26)28)16-7-11-25(12-8-16)21(27)18-13-23-9-10-24-18/h3-7,9-10,13,19-20H,8,11-12,14H2,1-2H3. The summed E-state index contributed by atoms with van der Waals surface area (Å²) in [6, 6.07) is 7.58. The highest BCUT2D eigenvalue weighted by Gasteiger charge is 2.49. The molecule has 1 aromatic carbocycles. The second-order valence-corrected chi connectivity index (χ2v) is 7.29. The highest BCUT2D eigenvalue weighted by Crippen LogP contribution is 2.33. The minimum absolute atomic E-state index is 0.0164. The summed E-state index contributed by atoms with van der Waals surface area (Å²) in [4.78, 5) is 36.8. The fourth-order valence-corrected chi connectivity index (χ4v) is 3.95. The number of carbonyl (C=O) groups excluding carboxylic acids is 2. The summed E-state index contributed by atoms with van der Waals surface area (Å²) in [5.74, 6) is 0.626. The molecule has 2 aliphatic rings. The maximum absolute atomic E-state index is 12.6. The van der Waals surface area contributed by atoms with E-state index < -0.39 is 6.10 Å². The third-order valence-corrected chi connectivity index (χ3v) is 5.61.